The molecule has 0 spiro atoms. The maximum Gasteiger partial charge on any atom is 0.0975 e. The number of rotatable bonds is 4. The van der Waals surface area contributed by atoms with Crippen LogP contribution in [0, 0.1) is 0 Å². The van der Waals surface area contributed by atoms with Crippen LogP contribution in [0.3, 0.4) is 0 Å². The fourth-order valence-corrected chi connectivity index (χ4v) is 3.56. The molecule has 0 bridgehead atoms. The minimum atomic E-state index is 0.455. The van der Waals surface area contributed by atoms with Gasteiger partial charge in [-0.15, -0.1) is 11.3 Å². The van der Waals surface area contributed by atoms with E-state index in [0.29, 0.717) is 5.92 Å². The Morgan fingerprint density at radius 1 is 1.39 bits per heavy atom. The van der Waals surface area contributed by atoms with Crippen LogP contribution in [0.5, 0.6) is 0 Å². The van der Waals surface area contributed by atoms with Crippen molar-refractivity contribution in [2.45, 2.75) is 31.9 Å². The molecule has 2 rings (SSSR count). The first-order valence-electron chi connectivity index (χ1n) is 5.94. The molecule has 0 radical (unpaired) electrons. The third-order valence-electron chi connectivity index (χ3n) is 2.71. The van der Waals surface area contributed by atoms with Gasteiger partial charge in [0.05, 0.1) is 10.7 Å². The van der Waals surface area contributed by atoms with Crippen molar-refractivity contribution in [3.05, 3.63) is 50.4 Å². The van der Waals surface area contributed by atoms with Crippen molar-refractivity contribution in [1.29, 1.82) is 0 Å². The van der Waals surface area contributed by atoms with Gasteiger partial charge in [-0.3, -0.25) is 0 Å². The summed E-state index contributed by atoms with van der Waals surface area (Å²) in [7, 11) is 0. The predicted octanol–water partition coefficient (Wildman–Crippen LogP) is 4.94. The van der Waals surface area contributed by atoms with Gasteiger partial charge in [-0.1, -0.05) is 37.6 Å². The molecule has 96 valence electrons. The Kier molecular flexibility index (Phi) is 4.71. The fraction of sp³-hybridized carbons (Fsp3) is 0.357. The van der Waals surface area contributed by atoms with Crippen molar-refractivity contribution >= 4 is 35.6 Å². The molecule has 1 nitrogen and oxygen atoms in total. The van der Waals surface area contributed by atoms with Gasteiger partial charge in [0.15, 0.2) is 0 Å². The summed E-state index contributed by atoms with van der Waals surface area (Å²) >= 11 is 12.1. The largest absolute Gasteiger partial charge is 0.245 e. The van der Waals surface area contributed by atoms with Crippen LogP contribution in [-0.4, -0.2) is 4.98 Å². The zero-order valence-electron chi connectivity index (χ0n) is 10.5. The van der Waals surface area contributed by atoms with Gasteiger partial charge in [-0.2, -0.15) is 12.6 Å². The monoisotopic (exact) mass is 297 g/mol. The first kappa shape index (κ1) is 13.9. The lowest BCUT2D eigenvalue weighted by Crippen LogP contribution is -1.93. The van der Waals surface area contributed by atoms with Gasteiger partial charge in [-0.05, 0) is 23.6 Å². The topological polar surface area (TPSA) is 12.9 Å². The Labute approximate surface area is 123 Å². The van der Waals surface area contributed by atoms with E-state index in [1.54, 1.807) is 11.3 Å². The molecule has 1 heterocycles. The summed E-state index contributed by atoms with van der Waals surface area (Å²) in [6, 6.07) is 7.96. The van der Waals surface area contributed by atoms with Crippen molar-refractivity contribution in [3.8, 4) is 0 Å². The van der Waals surface area contributed by atoms with E-state index in [1.165, 1.54) is 16.1 Å². The van der Waals surface area contributed by atoms with Crippen molar-refractivity contribution in [2.75, 3.05) is 0 Å². The summed E-state index contributed by atoms with van der Waals surface area (Å²) in [5.41, 5.74) is 2.39. The zero-order chi connectivity index (χ0) is 13.1. The number of benzene rings is 1. The average Bonchev–Trinajstić information content (AvgIpc) is 2.72. The van der Waals surface area contributed by atoms with Gasteiger partial charge in [-0.25, -0.2) is 4.98 Å². The maximum absolute atomic E-state index is 6.00. The molecule has 4 heteroatoms. The number of halogens is 1. The summed E-state index contributed by atoms with van der Waals surface area (Å²) in [6.45, 7) is 4.34. The SMILES string of the molecule is CC(C)c1nc(Cc2cccc(Cl)c2)sc1CS. The number of hydrogen-bond acceptors (Lipinski definition) is 3. The molecule has 1 aromatic carbocycles. The molecule has 0 aliphatic heterocycles. The molecule has 0 fully saturated rings. The smallest absolute Gasteiger partial charge is 0.0975 e. The van der Waals surface area contributed by atoms with Crippen LogP contribution in [0.25, 0.3) is 0 Å². The normalized spacial score (nSPS) is 11.2. The molecule has 2 aromatic rings. The number of aromatic nitrogens is 1. The molecule has 0 amide bonds. The Hall–Kier alpha value is -0.510. The second-order valence-corrected chi connectivity index (χ2v) is 6.46. The Bertz CT molecular complexity index is 534. The van der Waals surface area contributed by atoms with Gasteiger partial charge < -0.3 is 0 Å². The summed E-state index contributed by atoms with van der Waals surface area (Å²) in [4.78, 5) is 6.01. The Morgan fingerprint density at radius 2 is 2.17 bits per heavy atom. The van der Waals surface area contributed by atoms with Gasteiger partial charge >= 0.3 is 0 Å². The molecule has 0 unspecified atom stereocenters. The highest BCUT2D eigenvalue weighted by molar-refractivity contribution is 7.79. The van der Waals surface area contributed by atoms with Crippen LogP contribution in [0.1, 0.15) is 40.9 Å². The molecule has 18 heavy (non-hydrogen) atoms. The van der Waals surface area contributed by atoms with Crippen molar-refractivity contribution < 1.29 is 0 Å². The lowest BCUT2D eigenvalue weighted by atomic mass is 10.1. The minimum Gasteiger partial charge on any atom is -0.245 e. The van der Waals surface area contributed by atoms with Crippen LogP contribution < -0.4 is 0 Å². The van der Waals surface area contributed by atoms with Crippen molar-refractivity contribution in [3.63, 3.8) is 0 Å². The van der Waals surface area contributed by atoms with E-state index in [0.717, 1.165) is 22.2 Å². The summed E-state index contributed by atoms with van der Waals surface area (Å²) in [6.07, 6.45) is 0.846. The van der Waals surface area contributed by atoms with Gasteiger partial charge in [0.25, 0.3) is 0 Å². The summed E-state index contributed by atoms with van der Waals surface area (Å²) in [5, 5.41) is 1.92. The first-order chi connectivity index (χ1) is 8.60. The maximum atomic E-state index is 6.00. The predicted molar refractivity (Wildman–Crippen MR) is 83.2 cm³/mol. The lowest BCUT2D eigenvalue weighted by Gasteiger charge is -2.01. The summed E-state index contributed by atoms with van der Waals surface area (Å²) in [5.74, 6) is 1.22. The molecule has 0 saturated carbocycles. The van der Waals surface area contributed by atoms with Gasteiger partial charge in [0.2, 0.25) is 0 Å². The molecule has 0 aliphatic carbocycles. The fourth-order valence-electron chi connectivity index (χ4n) is 1.88. The molecule has 0 atom stereocenters. The second-order valence-electron chi connectivity index (χ2n) is 4.54. The van der Waals surface area contributed by atoms with Crippen LogP contribution in [0.2, 0.25) is 5.02 Å². The molecule has 1 aromatic heterocycles. The number of thiazole rings is 1. The van der Waals surface area contributed by atoms with E-state index >= 15 is 0 Å². The second kappa shape index (κ2) is 6.09. The van der Waals surface area contributed by atoms with E-state index < -0.39 is 0 Å². The molecular weight excluding hydrogens is 282 g/mol. The van der Waals surface area contributed by atoms with E-state index in [2.05, 4.69) is 32.5 Å². The Balaban J connectivity index is 2.24. The molecule has 0 saturated heterocycles. The quantitative estimate of drug-likeness (QED) is 0.789. The minimum absolute atomic E-state index is 0.455. The van der Waals surface area contributed by atoms with Gasteiger partial charge in [0, 0.05) is 22.1 Å². The highest BCUT2D eigenvalue weighted by Gasteiger charge is 2.13. The summed E-state index contributed by atoms with van der Waals surface area (Å²) < 4.78 is 0. The average molecular weight is 298 g/mol. The van der Waals surface area contributed by atoms with E-state index in [4.69, 9.17) is 16.6 Å². The third kappa shape index (κ3) is 3.28. The van der Waals surface area contributed by atoms with Crippen LogP contribution in [-0.2, 0) is 12.2 Å². The van der Waals surface area contributed by atoms with Crippen molar-refractivity contribution in [1.82, 2.24) is 4.98 Å². The highest BCUT2D eigenvalue weighted by Crippen LogP contribution is 2.28. The van der Waals surface area contributed by atoms with Crippen LogP contribution >= 0.6 is 35.6 Å². The molecular formula is C14H16ClNS2. The number of thiol groups is 1. The zero-order valence-corrected chi connectivity index (χ0v) is 12.9. The van der Waals surface area contributed by atoms with Crippen molar-refractivity contribution in [2.24, 2.45) is 0 Å². The lowest BCUT2D eigenvalue weighted by molar-refractivity contribution is 0.816. The van der Waals surface area contributed by atoms with Crippen LogP contribution in [0.15, 0.2) is 24.3 Å². The van der Waals surface area contributed by atoms with E-state index in [1.807, 2.05) is 18.2 Å². The van der Waals surface area contributed by atoms with Crippen LogP contribution in [0.4, 0.5) is 0 Å². The number of hydrogen-bond donors (Lipinski definition) is 1. The standard InChI is InChI=1S/C14H16ClNS2/c1-9(2)14-12(8-17)18-13(16-14)7-10-4-3-5-11(15)6-10/h3-6,9,17H,7-8H2,1-2H3. The first-order valence-corrected chi connectivity index (χ1v) is 7.76. The van der Waals surface area contributed by atoms with Gasteiger partial charge in [0.1, 0.15) is 0 Å². The third-order valence-corrected chi connectivity index (χ3v) is 4.54. The Morgan fingerprint density at radius 3 is 2.72 bits per heavy atom. The molecule has 0 N–H and O–H groups in total. The highest BCUT2D eigenvalue weighted by atomic mass is 35.5. The number of nitrogens with zero attached hydrogens (tertiary/aromatic N) is 1. The molecule has 0 aliphatic rings. The van der Waals surface area contributed by atoms with E-state index in [-0.39, 0.29) is 0 Å². The van der Waals surface area contributed by atoms with E-state index in [9.17, 15) is 0 Å².